The molecule has 5 nitrogen and oxygen atoms in total. The molecule has 0 amide bonds. The minimum absolute atomic E-state index is 0.0128. The van der Waals surface area contributed by atoms with Crippen LogP contribution in [0.2, 0.25) is 0 Å². The van der Waals surface area contributed by atoms with Gasteiger partial charge in [-0.1, -0.05) is 41.7 Å². The number of rotatable bonds is 4. The van der Waals surface area contributed by atoms with Gasteiger partial charge < -0.3 is 4.90 Å². The highest BCUT2D eigenvalue weighted by molar-refractivity contribution is 7.19. The Morgan fingerprint density at radius 3 is 2.42 bits per heavy atom. The number of anilines is 1. The highest BCUT2D eigenvalue weighted by Gasteiger charge is 2.18. The first kappa shape index (κ1) is 16.4. The molecule has 0 bridgehead atoms. The van der Waals surface area contributed by atoms with Crippen molar-refractivity contribution in [2.75, 3.05) is 19.0 Å². The molecule has 0 aliphatic rings. The highest BCUT2D eigenvalue weighted by atomic mass is 32.1. The van der Waals surface area contributed by atoms with Crippen LogP contribution in [0.4, 0.5) is 5.13 Å². The summed E-state index contributed by atoms with van der Waals surface area (Å²) in [6.45, 7) is 3.91. The molecule has 2 aromatic heterocycles. The Balaban J connectivity index is 2.21. The number of hydrogen-bond acceptors (Lipinski definition) is 5. The number of benzene rings is 1. The lowest BCUT2D eigenvalue weighted by Crippen LogP contribution is -2.23. The molecule has 0 aliphatic carbocycles. The van der Waals surface area contributed by atoms with Crippen molar-refractivity contribution in [3.63, 3.8) is 0 Å². The van der Waals surface area contributed by atoms with Gasteiger partial charge in [0.2, 0.25) is 0 Å². The lowest BCUT2D eigenvalue weighted by molar-refractivity contribution is 0.505. The van der Waals surface area contributed by atoms with Crippen molar-refractivity contribution in [1.82, 2.24) is 14.8 Å². The van der Waals surface area contributed by atoms with Crippen molar-refractivity contribution >= 4 is 16.5 Å². The van der Waals surface area contributed by atoms with Gasteiger partial charge in [0.05, 0.1) is 16.6 Å². The SMILES string of the molecule is CC(C)n1nc(-c2sc(N(C)C)nc2-c2ccccc2)ccc1=O. The lowest BCUT2D eigenvalue weighted by Gasteiger charge is -2.09. The molecule has 0 spiro atoms. The van der Waals surface area contributed by atoms with E-state index in [9.17, 15) is 4.79 Å². The largest absolute Gasteiger partial charge is 0.354 e. The zero-order valence-electron chi connectivity index (χ0n) is 14.2. The molecule has 0 aliphatic heterocycles. The van der Waals surface area contributed by atoms with E-state index in [1.807, 2.05) is 63.2 Å². The topological polar surface area (TPSA) is 51.0 Å². The maximum absolute atomic E-state index is 12.0. The summed E-state index contributed by atoms with van der Waals surface area (Å²) in [6.07, 6.45) is 0. The van der Waals surface area contributed by atoms with E-state index in [2.05, 4.69) is 5.10 Å². The van der Waals surface area contributed by atoms with E-state index in [-0.39, 0.29) is 11.6 Å². The molecule has 0 saturated heterocycles. The van der Waals surface area contributed by atoms with Crippen LogP contribution in [0.3, 0.4) is 0 Å². The minimum atomic E-state index is -0.0904. The van der Waals surface area contributed by atoms with Gasteiger partial charge in [-0.2, -0.15) is 5.10 Å². The highest BCUT2D eigenvalue weighted by Crippen LogP contribution is 2.38. The molecule has 0 saturated carbocycles. The predicted molar refractivity (Wildman–Crippen MR) is 99.8 cm³/mol. The van der Waals surface area contributed by atoms with Crippen molar-refractivity contribution < 1.29 is 0 Å². The van der Waals surface area contributed by atoms with Gasteiger partial charge in [0.25, 0.3) is 5.56 Å². The van der Waals surface area contributed by atoms with Crippen molar-refractivity contribution in [3.8, 4) is 21.8 Å². The van der Waals surface area contributed by atoms with E-state index < -0.39 is 0 Å². The van der Waals surface area contributed by atoms with Gasteiger partial charge >= 0.3 is 0 Å². The third-order valence-corrected chi connectivity index (χ3v) is 4.84. The van der Waals surface area contributed by atoms with Gasteiger partial charge in [-0.05, 0) is 19.9 Å². The number of aromatic nitrogens is 3. The van der Waals surface area contributed by atoms with Crippen LogP contribution >= 0.6 is 11.3 Å². The van der Waals surface area contributed by atoms with E-state index in [0.717, 1.165) is 27.0 Å². The van der Waals surface area contributed by atoms with Gasteiger partial charge in [0, 0.05) is 25.7 Å². The van der Waals surface area contributed by atoms with Crippen molar-refractivity contribution in [1.29, 1.82) is 0 Å². The van der Waals surface area contributed by atoms with Gasteiger partial charge in [-0.25, -0.2) is 9.67 Å². The van der Waals surface area contributed by atoms with E-state index in [1.54, 1.807) is 23.5 Å². The van der Waals surface area contributed by atoms with Crippen molar-refractivity contribution in [2.45, 2.75) is 19.9 Å². The number of nitrogens with zero attached hydrogens (tertiary/aromatic N) is 4. The van der Waals surface area contributed by atoms with Crippen LogP contribution in [0, 0.1) is 0 Å². The maximum Gasteiger partial charge on any atom is 0.267 e. The molecule has 1 aromatic carbocycles. The summed E-state index contributed by atoms with van der Waals surface area (Å²) in [5.41, 5.74) is 2.62. The molecule has 24 heavy (non-hydrogen) atoms. The molecule has 124 valence electrons. The van der Waals surface area contributed by atoms with Crippen LogP contribution in [0.15, 0.2) is 47.3 Å². The Kier molecular flexibility index (Phi) is 4.49. The Morgan fingerprint density at radius 1 is 1.08 bits per heavy atom. The molecule has 3 aromatic rings. The van der Waals surface area contributed by atoms with Crippen LogP contribution in [-0.2, 0) is 0 Å². The average Bonchev–Trinajstić information content (AvgIpc) is 3.01. The fourth-order valence-corrected chi connectivity index (χ4v) is 3.36. The van der Waals surface area contributed by atoms with Gasteiger partial charge in [-0.3, -0.25) is 4.79 Å². The van der Waals surface area contributed by atoms with Crippen molar-refractivity contribution in [3.05, 3.63) is 52.8 Å². The molecule has 0 N–H and O–H groups in total. The third-order valence-electron chi connectivity index (χ3n) is 3.59. The normalized spacial score (nSPS) is 11.0. The lowest BCUT2D eigenvalue weighted by atomic mass is 10.1. The zero-order valence-corrected chi connectivity index (χ0v) is 15.0. The summed E-state index contributed by atoms with van der Waals surface area (Å²) in [5, 5.41) is 5.47. The smallest absolute Gasteiger partial charge is 0.267 e. The molecule has 0 atom stereocenters. The average molecular weight is 340 g/mol. The van der Waals surface area contributed by atoms with Crippen LogP contribution < -0.4 is 10.5 Å². The second-order valence-electron chi connectivity index (χ2n) is 6.03. The molecule has 0 unspecified atom stereocenters. The zero-order chi connectivity index (χ0) is 17.3. The first-order chi connectivity index (χ1) is 11.5. The number of thiazole rings is 1. The maximum atomic E-state index is 12.0. The number of hydrogen-bond donors (Lipinski definition) is 0. The quantitative estimate of drug-likeness (QED) is 0.727. The molecule has 0 radical (unpaired) electrons. The van der Waals surface area contributed by atoms with E-state index in [0.29, 0.717) is 0 Å². The summed E-state index contributed by atoms with van der Waals surface area (Å²) in [5.74, 6) is 0. The van der Waals surface area contributed by atoms with Crippen LogP contribution in [0.25, 0.3) is 21.8 Å². The van der Waals surface area contributed by atoms with Crippen LogP contribution in [-0.4, -0.2) is 28.9 Å². The third kappa shape index (κ3) is 3.10. The Hall–Kier alpha value is -2.47. The van der Waals surface area contributed by atoms with Gasteiger partial charge in [-0.15, -0.1) is 0 Å². The van der Waals surface area contributed by atoms with Gasteiger partial charge in [0.1, 0.15) is 5.69 Å². The first-order valence-electron chi connectivity index (χ1n) is 7.81. The Labute approximate surface area is 145 Å². The first-order valence-corrected chi connectivity index (χ1v) is 8.63. The molecular weight excluding hydrogens is 320 g/mol. The summed E-state index contributed by atoms with van der Waals surface area (Å²) >= 11 is 1.58. The second kappa shape index (κ2) is 6.57. The molecule has 2 heterocycles. The van der Waals surface area contributed by atoms with Gasteiger partial charge in [0.15, 0.2) is 5.13 Å². The van der Waals surface area contributed by atoms with E-state index in [1.165, 1.54) is 4.68 Å². The molecule has 6 heteroatoms. The Morgan fingerprint density at radius 2 is 1.79 bits per heavy atom. The molecule has 0 fully saturated rings. The summed E-state index contributed by atoms with van der Waals surface area (Å²) < 4.78 is 1.51. The van der Waals surface area contributed by atoms with E-state index in [4.69, 9.17) is 4.98 Å². The second-order valence-corrected chi connectivity index (χ2v) is 7.01. The van der Waals surface area contributed by atoms with Crippen molar-refractivity contribution in [2.24, 2.45) is 0 Å². The summed E-state index contributed by atoms with van der Waals surface area (Å²) in [7, 11) is 3.94. The molecular formula is C18H20N4OS. The standard InChI is InChI=1S/C18H20N4OS/c1-12(2)22-15(23)11-10-14(20-22)17-16(13-8-6-5-7-9-13)19-18(24-17)21(3)4/h5-12H,1-4H3. The summed E-state index contributed by atoms with van der Waals surface area (Å²) in [4.78, 5) is 19.7. The van der Waals surface area contributed by atoms with Crippen LogP contribution in [0.1, 0.15) is 19.9 Å². The van der Waals surface area contributed by atoms with E-state index >= 15 is 0 Å². The van der Waals surface area contributed by atoms with Crippen LogP contribution in [0.5, 0.6) is 0 Å². The Bertz CT molecular complexity index is 897. The minimum Gasteiger partial charge on any atom is -0.354 e. The fraction of sp³-hybridized carbons (Fsp3) is 0.278. The fourth-order valence-electron chi connectivity index (χ4n) is 2.38. The molecule has 3 rings (SSSR count). The predicted octanol–water partition coefficient (Wildman–Crippen LogP) is 3.68. The monoisotopic (exact) mass is 340 g/mol. The summed E-state index contributed by atoms with van der Waals surface area (Å²) in [6, 6.07) is 13.4.